The molecule has 0 radical (unpaired) electrons. The summed E-state index contributed by atoms with van der Waals surface area (Å²) < 4.78 is 5.76. The van der Waals surface area contributed by atoms with E-state index in [1.807, 2.05) is 31.2 Å². The molecule has 0 amide bonds. The summed E-state index contributed by atoms with van der Waals surface area (Å²) in [5.41, 5.74) is 3.53. The summed E-state index contributed by atoms with van der Waals surface area (Å²) in [6, 6.07) is 7.96. The van der Waals surface area contributed by atoms with Crippen molar-refractivity contribution in [3.8, 4) is 0 Å². The summed E-state index contributed by atoms with van der Waals surface area (Å²) in [6.45, 7) is 4.02. The van der Waals surface area contributed by atoms with Gasteiger partial charge in [0.1, 0.15) is 16.9 Å². The van der Waals surface area contributed by atoms with Gasteiger partial charge in [-0.05, 0) is 19.1 Å². The maximum Gasteiger partial charge on any atom is 0.175 e. The second-order valence-electron chi connectivity index (χ2n) is 3.85. The van der Waals surface area contributed by atoms with E-state index < -0.39 is 0 Å². The van der Waals surface area contributed by atoms with Crippen molar-refractivity contribution < 1.29 is 4.42 Å². The highest BCUT2D eigenvalue weighted by molar-refractivity contribution is 6.02. The minimum Gasteiger partial charge on any atom is -0.452 e. The molecule has 3 heteroatoms. The van der Waals surface area contributed by atoms with E-state index in [9.17, 15) is 0 Å². The van der Waals surface area contributed by atoms with E-state index in [0.29, 0.717) is 0 Å². The molecular weight excluding hydrogens is 200 g/mol. The molecule has 3 nitrogen and oxygen atoms in total. The molecule has 0 atom stereocenters. The van der Waals surface area contributed by atoms with Crippen LogP contribution in [0, 0.1) is 6.92 Å². The molecule has 0 aliphatic rings. The lowest BCUT2D eigenvalue weighted by Gasteiger charge is -1.97. The van der Waals surface area contributed by atoms with Crippen molar-refractivity contribution in [2.24, 2.45) is 0 Å². The third-order valence-corrected chi connectivity index (χ3v) is 2.75. The smallest absolute Gasteiger partial charge is 0.175 e. The predicted molar refractivity (Wildman–Crippen MR) is 63.4 cm³/mol. The van der Waals surface area contributed by atoms with E-state index in [1.54, 1.807) is 0 Å². The van der Waals surface area contributed by atoms with Crippen LogP contribution in [0.1, 0.15) is 18.4 Å². The number of furan rings is 1. The predicted octanol–water partition coefficient (Wildman–Crippen LogP) is 3.25. The highest BCUT2D eigenvalue weighted by Crippen LogP contribution is 2.28. The lowest BCUT2D eigenvalue weighted by molar-refractivity contribution is 0.660. The van der Waals surface area contributed by atoms with E-state index in [-0.39, 0.29) is 0 Å². The molecule has 80 valence electrons. The summed E-state index contributed by atoms with van der Waals surface area (Å²) >= 11 is 0. The van der Waals surface area contributed by atoms with E-state index >= 15 is 0 Å². The first-order chi connectivity index (χ1) is 7.79. The summed E-state index contributed by atoms with van der Waals surface area (Å²) in [6.07, 6.45) is 0.844. The standard InChI is InChI=1S/C13H12N2O/c1-3-11-14-8(2)13-12(15-11)9-6-4-5-7-10(9)16-13/h4-7H,3H2,1-2H3. The average molecular weight is 212 g/mol. The summed E-state index contributed by atoms with van der Waals surface area (Å²) in [5.74, 6) is 0.872. The molecule has 0 spiro atoms. The third kappa shape index (κ3) is 1.21. The average Bonchev–Trinajstić information content (AvgIpc) is 2.68. The molecule has 0 fully saturated rings. The fraction of sp³-hybridized carbons (Fsp3) is 0.231. The number of para-hydroxylation sites is 1. The van der Waals surface area contributed by atoms with Crippen molar-refractivity contribution in [1.82, 2.24) is 9.97 Å². The molecule has 0 aliphatic carbocycles. The maximum absolute atomic E-state index is 5.76. The summed E-state index contributed by atoms with van der Waals surface area (Å²) in [7, 11) is 0. The first kappa shape index (κ1) is 9.33. The number of fused-ring (bicyclic) bond motifs is 3. The van der Waals surface area contributed by atoms with Gasteiger partial charge in [-0.2, -0.15) is 0 Å². The van der Waals surface area contributed by atoms with Gasteiger partial charge in [0.25, 0.3) is 0 Å². The van der Waals surface area contributed by atoms with Gasteiger partial charge in [0.2, 0.25) is 0 Å². The first-order valence-corrected chi connectivity index (χ1v) is 5.44. The van der Waals surface area contributed by atoms with Gasteiger partial charge in [-0.25, -0.2) is 9.97 Å². The Labute approximate surface area is 93.1 Å². The fourth-order valence-corrected chi connectivity index (χ4v) is 1.94. The van der Waals surface area contributed by atoms with E-state index in [2.05, 4.69) is 16.9 Å². The molecule has 0 aliphatic heterocycles. The molecule has 16 heavy (non-hydrogen) atoms. The van der Waals surface area contributed by atoms with Crippen molar-refractivity contribution >= 4 is 22.1 Å². The molecule has 3 rings (SSSR count). The second-order valence-corrected chi connectivity index (χ2v) is 3.85. The normalized spacial score (nSPS) is 11.4. The van der Waals surface area contributed by atoms with Crippen LogP contribution in [0.2, 0.25) is 0 Å². The first-order valence-electron chi connectivity index (χ1n) is 5.44. The lowest BCUT2D eigenvalue weighted by atomic mass is 10.2. The number of benzene rings is 1. The molecule has 0 saturated carbocycles. The zero-order valence-electron chi connectivity index (χ0n) is 9.32. The van der Waals surface area contributed by atoms with E-state index in [4.69, 9.17) is 4.42 Å². The number of aromatic nitrogens is 2. The van der Waals surface area contributed by atoms with Gasteiger partial charge in [0, 0.05) is 11.8 Å². The Morgan fingerprint density at radius 1 is 1.19 bits per heavy atom. The zero-order chi connectivity index (χ0) is 11.1. The Morgan fingerprint density at radius 2 is 2.00 bits per heavy atom. The molecule has 1 aromatic carbocycles. The highest BCUT2D eigenvalue weighted by atomic mass is 16.3. The van der Waals surface area contributed by atoms with Crippen molar-refractivity contribution in [2.45, 2.75) is 20.3 Å². The van der Waals surface area contributed by atoms with Crippen molar-refractivity contribution in [1.29, 1.82) is 0 Å². The van der Waals surface area contributed by atoms with Gasteiger partial charge in [0.15, 0.2) is 5.58 Å². The van der Waals surface area contributed by atoms with Crippen LogP contribution in [0.4, 0.5) is 0 Å². The molecule has 2 aromatic heterocycles. The van der Waals surface area contributed by atoms with Crippen molar-refractivity contribution in [3.05, 3.63) is 35.8 Å². The number of aryl methyl sites for hydroxylation is 2. The van der Waals surface area contributed by atoms with E-state index in [1.165, 1.54) is 0 Å². The van der Waals surface area contributed by atoms with Crippen LogP contribution in [0.5, 0.6) is 0 Å². The Balaban J connectivity index is 2.51. The minimum absolute atomic E-state index is 0.804. The van der Waals surface area contributed by atoms with E-state index in [0.717, 1.165) is 40.0 Å². The van der Waals surface area contributed by atoms with Crippen LogP contribution < -0.4 is 0 Å². The molecule has 0 N–H and O–H groups in total. The fourth-order valence-electron chi connectivity index (χ4n) is 1.94. The van der Waals surface area contributed by atoms with Crippen LogP contribution in [0.3, 0.4) is 0 Å². The largest absolute Gasteiger partial charge is 0.452 e. The molecule has 0 saturated heterocycles. The second kappa shape index (κ2) is 3.30. The van der Waals surface area contributed by atoms with Gasteiger partial charge in [-0.1, -0.05) is 19.1 Å². The lowest BCUT2D eigenvalue weighted by Crippen LogP contribution is -1.94. The molecule has 0 bridgehead atoms. The van der Waals surface area contributed by atoms with Gasteiger partial charge >= 0.3 is 0 Å². The van der Waals surface area contributed by atoms with Crippen LogP contribution in [-0.4, -0.2) is 9.97 Å². The van der Waals surface area contributed by atoms with Crippen LogP contribution >= 0.6 is 0 Å². The molecule has 3 aromatic rings. The zero-order valence-corrected chi connectivity index (χ0v) is 9.32. The number of rotatable bonds is 1. The van der Waals surface area contributed by atoms with Crippen LogP contribution in [-0.2, 0) is 6.42 Å². The topological polar surface area (TPSA) is 38.9 Å². The SMILES string of the molecule is CCc1nc(C)c2oc3ccccc3c2n1. The Kier molecular flexibility index (Phi) is 1.93. The third-order valence-electron chi connectivity index (χ3n) is 2.75. The number of nitrogens with zero attached hydrogens (tertiary/aromatic N) is 2. The van der Waals surface area contributed by atoms with Gasteiger partial charge in [0.05, 0.1) is 5.69 Å². The van der Waals surface area contributed by atoms with Crippen molar-refractivity contribution in [2.75, 3.05) is 0 Å². The van der Waals surface area contributed by atoms with Crippen LogP contribution in [0.25, 0.3) is 22.1 Å². The Bertz CT molecular complexity index is 670. The van der Waals surface area contributed by atoms with Gasteiger partial charge in [-0.15, -0.1) is 0 Å². The van der Waals surface area contributed by atoms with Crippen LogP contribution in [0.15, 0.2) is 28.7 Å². The molecule has 0 unspecified atom stereocenters. The molecular formula is C13H12N2O. The van der Waals surface area contributed by atoms with Gasteiger partial charge < -0.3 is 4.42 Å². The molecule has 2 heterocycles. The monoisotopic (exact) mass is 212 g/mol. The van der Waals surface area contributed by atoms with Crippen molar-refractivity contribution in [3.63, 3.8) is 0 Å². The number of hydrogen-bond donors (Lipinski definition) is 0. The Morgan fingerprint density at radius 3 is 2.81 bits per heavy atom. The Hall–Kier alpha value is -1.90. The van der Waals surface area contributed by atoms with Gasteiger partial charge in [-0.3, -0.25) is 0 Å². The summed E-state index contributed by atoms with van der Waals surface area (Å²) in [4.78, 5) is 8.95. The quantitative estimate of drug-likeness (QED) is 0.621. The highest BCUT2D eigenvalue weighted by Gasteiger charge is 2.11. The maximum atomic E-state index is 5.76. The number of hydrogen-bond acceptors (Lipinski definition) is 3. The minimum atomic E-state index is 0.804. The summed E-state index contributed by atoms with van der Waals surface area (Å²) in [5, 5.41) is 1.07.